The maximum atomic E-state index is 14.8. The minimum atomic E-state index is -2.92. The third-order valence-electron chi connectivity index (χ3n) is 14.7. The number of aliphatic hydroxyl groups is 4. The van der Waals surface area contributed by atoms with Crippen LogP contribution in [0, 0.1) is 0 Å². The lowest BCUT2D eigenvalue weighted by molar-refractivity contribution is -0.171. The van der Waals surface area contributed by atoms with Crippen molar-refractivity contribution in [2.45, 2.75) is 320 Å². The van der Waals surface area contributed by atoms with Gasteiger partial charge in [0.15, 0.2) is 23.4 Å². The fourth-order valence-corrected chi connectivity index (χ4v) is 10.7. The van der Waals surface area contributed by atoms with Crippen LogP contribution in [0.2, 0.25) is 0 Å². The molecule has 434 valence electrons. The average molecular weight is 1070 g/mol. The molecule has 13 nitrogen and oxygen atoms in total. The van der Waals surface area contributed by atoms with Crippen molar-refractivity contribution in [2.24, 2.45) is 5.73 Å². The third-order valence-corrected chi connectivity index (χ3v) is 15.9. The van der Waals surface area contributed by atoms with Gasteiger partial charge in [0.05, 0.1) is 25.4 Å². The molecule has 0 aliphatic heterocycles. The van der Waals surface area contributed by atoms with E-state index in [0.717, 1.165) is 88.8 Å². The molecule has 0 radical (unpaired) electrons. The summed E-state index contributed by atoms with van der Waals surface area (Å²) in [6.07, 6.45) is 37.3. The summed E-state index contributed by atoms with van der Waals surface area (Å²) in [7, 11) is 0. The molecule has 74 heavy (non-hydrogen) atoms. The molecule has 0 aromatic rings. The number of hydrogen-bond donors (Lipinski definition) is 6. The molecular formula is C60H113N3O10S. The second kappa shape index (κ2) is 50.3. The van der Waals surface area contributed by atoms with Crippen LogP contribution in [0.3, 0.4) is 0 Å². The Hall–Kier alpha value is -2.23. The quantitative estimate of drug-likeness (QED) is 0.0190. The Morgan fingerprint density at radius 2 is 0.838 bits per heavy atom. The first kappa shape index (κ1) is 71.8. The minimum absolute atomic E-state index is 0.0286. The highest BCUT2D eigenvalue weighted by Crippen LogP contribution is 2.29. The number of thioether (sulfide) groups is 1. The van der Waals surface area contributed by atoms with E-state index in [9.17, 15) is 49.2 Å². The highest BCUT2D eigenvalue weighted by Gasteiger charge is 2.57. The van der Waals surface area contributed by atoms with Crippen LogP contribution in [-0.4, -0.2) is 115 Å². The van der Waals surface area contributed by atoms with E-state index in [4.69, 9.17) is 5.73 Å². The summed E-state index contributed by atoms with van der Waals surface area (Å²) >= 11 is 1.08. The highest BCUT2D eigenvalue weighted by atomic mass is 32.2. The van der Waals surface area contributed by atoms with Gasteiger partial charge < -0.3 is 36.3 Å². The summed E-state index contributed by atoms with van der Waals surface area (Å²) < 4.78 is 0. The topological polar surface area (TPSA) is 225 Å². The molecule has 3 amide bonds. The van der Waals surface area contributed by atoms with Gasteiger partial charge in [0, 0.05) is 30.8 Å². The third kappa shape index (κ3) is 34.5. The number of amides is 3. The molecule has 0 aromatic carbocycles. The number of unbranched alkanes of at least 4 members (excludes halogenated alkanes) is 36. The molecule has 0 aliphatic rings. The van der Waals surface area contributed by atoms with Crippen LogP contribution in [0.4, 0.5) is 0 Å². The van der Waals surface area contributed by atoms with Crippen LogP contribution in [0.1, 0.15) is 290 Å². The molecular weight excluding hydrogens is 955 g/mol. The highest BCUT2D eigenvalue weighted by molar-refractivity contribution is 7.99. The number of nitrogens with one attached hydrogen (secondary N) is 1. The monoisotopic (exact) mass is 1070 g/mol. The van der Waals surface area contributed by atoms with Gasteiger partial charge in [-0.1, -0.05) is 252 Å². The predicted octanol–water partition coefficient (Wildman–Crippen LogP) is 12.1. The van der Waals surface area contributed by atoms with Gasteiger partial charge >= 0.3 is 0 Å². The standard InChI is InChI=1S/C60H113N3O10S/c1-4-7-10-13-16-19-22-25-28-31-34-37-40-43-54(68)57(71)60(50-66,55(69)44-41-38-35-32-29-26-23-20-17-14-11-8-5-2)63(56(70)45-42-39-36-33-30-27-24-21-18-15-12-9-6-3)59(73)53(47-65)62-58(72)52(61)49-74-48-51(67)46-64/h50-53,57,64-65,67,71H,4-49,61H2,1-3H3,(H,62,72)/t51?,52-,53-,57?,60-/m0/s1. The van der Waals surface area contributed by atoms with Crippen molar-refractivity contribution in [1.82, 2.24) is 10.2 Å². The van der Waals surface area contributed by atoms with Gasteiger partial charge in [-0.05, 0) is 19.3 Å². The van der Waals surface area contributed by atoms with Crippen molar-refractivity contribution in [1.29, 1.82) is 0 Å². The first-order valence-electron chi connectivity index (χ1n) is 30.5. The van der Waals surface area contributed by atoms with Crippen molar-refractivity contribution in [2.75, 3.05) is 24.7 Å². The van der Waals surface area contributed by atoms with E-state index in [1.54, 1.807) is 0 Å². The Balaban J connectivity index is 6.31. The number of Topliss-reactive ketones (excluding diaryl/α,β-unsaturated/α-hetero) is 2. The number of aliphatic hydroxyl groups excluding tert-OH is 4. The van der Waals surface area contributed by atoms with E-state index in [-0.39, 0.29) is 37.1 Å². The van der Waals surface area contributed by atoms with Crippen LogP contribution < -0.4 is 11.1 Å². The van der Waals surface area contributed by atoms with Crippen molar-refractivity contribution in [3.63, 3.8) is 0 Å². The number of aldehydes is 1. The molecule has 0 fully saturated rings. The number of ketones is 2. The van der Waals surface area contributed by atoms with Crippen molar-refractivity contribution in [3.8, 4) is 0 Å². The minimum Gasteiger partial charge on any atom is -0.394 e. The molecule has 7 N–H and O–H groups in total. The Labute approximate surface area is 455 Å². The maximum absolute atomic E-state index is 14.8. The van der Waals surface area contributed by atoms with E-state index in [0.29, 0.717) is 43.4 Å². The average Bonchev–Trinajstić information content (AvgIpc) is 3.40. The molecule has 0 heterocycles. The molecule has 0 rings (SSSR count). The summed E-state index contributed by atoms with van der Waals surface area (Å²) in [4.78, 5) is 85.6. The Bertz CT molecular complexity index is 1410. The van der Waals surface area contributed by atoms with E-state index in [2.05, 4.69) is 26.1 Å². The van der Waals surface area contributed by atoms with Crippen molar-refractivity contribution in [3.05, 3.63) is 0 Å². The molecule has 0 aromatic heterocycles. The fourth-order valence-electron chi connectivity index (χ4n) is 9.78. The van der Waals surface area contributed by atoms with Crippen LogP contribution in [0.15, 0.2) is 0 Å². The van der Waals surface area contributed by atoms with Crippen LogP contribution in [-0.2, 0) is 28.8 Å². The summed E-state index contributed by atoms with van der Waals surface area (Å²) in [6.45, 7) is 5.13. The first-order chi connectivity index (χ1) is 35.9. The van der Waals surface area contributed by atoms with Gasteiger partial charge in [0.1, 0.15) is 12.1 Å². The van der Waals surface area contributed by atoms with Crippen LogP contribution >= 0.6 is 11.8 Å². The summed E-state index contributed by atoms with van der Waals surface area (Å²) in [6, 6.07) is -3.10. The zero-order valence-corrected chi connectivity index (χ0v) is 48.4. The van der Waals surface area contributed by atoms with Gasteiger partial charge in [0.2, 0.25) is 11.8 Å². The largest absolute Gasteiger partial charge is 0.394 e. The lowest BCUT2D eigenvalue weighted by atomic mass is 9.80. The number of hydrogen-bond acceptors (Lipinski definition) is 12. The summed E-state index contributed by atoms with van der Waals surface area (Å²) in [5, 5.41) is 44.0. The summed E-state index contributed by atoms with van der Waals surface area (Å²) in [5.41, 5.74) is 3.19. The second-order valence-electron chi connectivity index (χ2n) is 21.5. The SMILES string of the molecule is CCCCCCCCCCCCCCCC(=O)C(O)[C@](C=O)(C(=O)CCCCCCCCCCCCCCC)N(C(=O)CCCCCCCCCCCCCCC)C(=O)[C@H](CO)NC(=O)[C@@H](N)CSCC(O)CO. The Morgan fingerprint density at radius 1 is 0.500 bits per heavy atom. The predicted molar refractivity (Wildman–Crippen MR) is 305 cm³/mol. The fraction of sp³-hybridized carbons (Fsp3) is 0.900. The second-order valence-corrected chi connectivity index (χ2v) is 22.6. The lowest BCUT2D eigenvalue weighted by Crippen LogP contribution is -2.71. The molecule has 0 saturated heterocycles. The van der Waals surface area contributed by atoms with Crippen LogP contribution in [0.5, 0.6) is 0 Å². The maximum Gasteiger partial charge on any atom is 0.255 e. The first-order valence-corrected chi connectivity index (χ1v) is 31.7. The number of imide groups is 1. The smallest absolute Gasteiger partial charge is 0.255 e. The Morgan fingerprint density at radius 3 is 1.18 bits per heavy atom. The van der Waals surface area contributed by atoms with Gasteiger partial charge in [-0.15, -0.1) is 0 Å². The van der Waals surface area contributed by atoms with E-state index in [1.807, 2.05) is 0 Å². The van der Waals surface area contributed by atoms with Crippen molar-refractivity contribution < 1.29 is 49.2 Å². The lowest BCUT2D eigenvalue weighted by Gasteiger charge is -2.41. The molecule has 0 spiro atoms. The van der Waals surface area contributed by atoms with Gasteiger partial charge in [-0.25, -0.2) is 0 Å². The normalized spacial score (nSPS) is 14.0. The summed E-state index contributed by atoms with van der Waals surface area (Å²) in [5.74, 6) is -4.86. The Kier molecular flexibility index (Phi) is 48.8. The van der Waals surface area contributed by atoms with Gasteiger partial charge in [-0.2, -0.15) is 11.8 Å². The molecule has 0 bridgehead atoms. The van der Waals surface area contributed by atoms with E-state index in [1.165, 1.54) is 135 Å². The molecule has 5 atom stereocenters. The molecule has 2 unspecified atom stereocenters. The van der Waals surface area contributed by atoms with E-state index < -0.39 is 72.3 Å². The molecule has 0 saturated carbocycles. The van der Waals surface area contributed by atoms with Crippen molar-refractivity contribution >= 4 is 47.3 Å². The number of nitrogens with two attached hydrogens (primary N) is 1. The number of carbonyl (C=O) groups is 6. The molecule has 0 aliphatic carbocycles. The van der Waals surface area contributed by atoms with Gasteiger partial charge in [0.25, 0.3) is 5.91 Å². The number of nitrogens with zero attached hydrogens (tertiary/aromatic N) is 1. The zero-order chi connectivity index (χ0) is 54.9. The number of rotatable bonds is 56. The zero-order valence-electron chi connectivity index (χ0n) is 47.6. The number of carbonyl (C=O) groups excluding carboxylic acids is 6. The van der Waals surface area contributed by atoms with Gasteiger partial charge in [-0.3, -0.25) is 28.9 Å². The molecule has 14 heteroatoms. The van der Waals surface area contributed by atoms with Crippen LogP contribution in [0.25, 0.3) is 0 Å². The van der Waals surface area contributed by atoms with E-state index >= 15 is 0 Å².